The van der Waals surface area contributed by atoms with Gasteiger partial charge in [0.05, 0.1) is 6.04 Å². The molecule has 0 aliphatic carbocycles. The molecule has 0 saturated carbocycles. The lowest BCUT2D eigenvalue weighted by Gasteiger charge is -2.34. The molecule has 1 heterocycles. The molecule has 0 aromatic rings. The summed E-state index contributed by atoms with van der Waals surface area (Å²) >= 11 is 0. The van der Waals surface area contributed by atoms with Crippen LogP contribution in [0, 0.1) is 18.3 Å². The van der Waals surface area contributed by atoms with E-state index in [1.165, 1.54) is 19.4 Å². The fourth-order valence-electron chi connectivity index (χ4n) is 2.29. The van der Waals surface area contributed by atoms with Gasteiger partial charge in [0, 0.05) is 12.6 Å². The van der Waals surface area contributed by atoms with Gasteiger partial charge in [0.15, 0.2) is 0 Å². The van der Waals surface area contributed by atoms with Gasteiger partial charge in [-0.15, -0.1) is 6.42 Å². The second-order valence-corrected chi connectivity index (χ2v) is 4.85. The monoisotopic (exact) mass is 208 g/mol. The average Bonchev–Trinajstić information content (AvgIpc) is 2.26. The number of nitrogens with zero attached hydrogens (tertiary/aromatic N) is 1. The molecule has 1 saturated heterocycles. The first-order valence-electron chi connectivity index (χ1n) is 6.07. The number of hydrogen-bond donors (Lipinski definition) is 1. The average molecular weight is 208 g/mol. The third-order valence-electron chi connectivity index (χ3n) is 3.27. The van der Waals surface area contributed by atoms with Crippen molar-refractivity contribution in [2.75, 3.05) is 19.6 Å². The fraction of sp³-hybridized carbons (Fsp3) is 0.846. The molecule has 1 N–H and O–H groups in total. The van der Waals surface area contributed by atoms with E-state index in [1.54, 1.807) is 0 Å². The van der Waals surface area contributed by atoms with Crippen LogP contribution in [0.3, 0.4) is 0 Å². The van der Waals surface area contributed by atoms with Crippen LogP contribution in [-0.2, 0) is 0 Å². The highest BCUT2D eigenvalue weighted by molar-refractivity contribution is 4.98. The molecule has 1 rings (SSSR count). The van der Waals surface area contributed by atoms with Crippen molar-refractivity contribution >= 4 is 0 Å². The topological polar surface area (TPSA) is 15.3 Å². The zero-order chi connectivity index (χ0) is 11.3. The van der Waals surface area contributed by atoms with Crippen molar-refractivity contribution in [1.82, 2.24) is 10.2 Å². The zero-order valence-electron chi connectivity index (χ0n) is 10.3. The SMILES string of the molecule is C#CC(C)N(CC1CCCNC1)C(C)C. The van der Waals surface area contributed by atoms with Crippen molar-refractivity contribution in [1.29, 1.82) is 0 Å². The van der Waals surface area contributed by atoms with Crippen LogP contribution in [0.5, 0.6) is 0 Å². The van der Waals surface area contributed by atoms with Gasteiger partial charge >= 0.3 is 0 Å². The molecule has 0 aromatic heterocycles. The van der Waals surface area contributed by atoms with E-state index >= 15 is 0 Å². The lowest BCUT2D eigenvalue weighted by atomic mass is 9.98. The zero-order valence-corrected chi connectivity index (χ0v) is 10.3. The molecule has 0 radical (unpaired) electrons. The Labute approximate surface area is 94.4 Å². The minimum Gasteiger partial charge on any atom is -0.316 e. The Bertz CT molecular complexity index is 211. The Balaban J connectivity index is 2.46. The lowest BCUT2D eigenvalue weighted by Crippen LogP contribution is -2.44. The highest BCUT2D eigenvalue weighted by Crippen LogP contribution is 2.15. The van der Waals surface area contributed by atoms with E-state index < -0.39 is 0 Å². The van der Waals surface area contributed by atoms with Gasteiger partial charge < -0.3 is 5.32 Å². The molecule has 1 aliphatic heterocycles. The summed E-state index contributed by atoms with van der Waals surface area (Å²) in [7, 11) is 0. The van der Waals surface area contributed by atoms with Crippen LogP contribution in [0.25, 0.3) is 0 Å². The van der Waals surface area contributed by atoms with Crippen LogP contribution < -0.4 is 5.32 Å². The number of piperidine rings is 1. The van der Waals surface area contributed by atoms with Crippen molar-refractivity contribution in [2.24, 2.45) is 5.92 Å². The number of rotatable bonds is 4. The third kappa shape index (κ3) is 3.85. The molecule has 2 atom stereocenters. The first-order valence-corrected chi connectivity index (χ1v) is 6.07. The van der Waals surface area contributed by atoms with Crippen molar-refractivity contribution in [3.8, 4) is 12.3 Å². The first-order chi connectivity index (χ1) is 7.15. The van der Waals surface area contributed by atoms with Crippen LogP contribution in [-0.4, -0.2) is 36.6 Å². The minimum absolute atomic E-state index is 0.256. The maximum absolute atomic E-state index is 5.51. The predicted octanol–water partition coefficient (Wildman–Crippen LogP) is 1.72. The molecule has 86 valence electrons. The number of nitrogens with one attached hydrogen (secondary N) is 1. The Hall–Kier alpha value is -0.520. The summed E-state index contributed by atoms with van der Waals surface area (Å²) in [6.07, 6.45) is 8.16. The Morgan fingerprint density at radius 3 is 2.67 bits per heavy atom. The van der Waals surface area contributed by atoms with Gasteiger partial charge in [-0.2, -0.15) is 0 Å². The molecular weight excluding hydrogens is 184 g/mol. The van der Waals surface area contributed by atoms with Crippen molar-refractivity contribution < 1.29 is 0 Å². The molecule has 0 bridgehead atoms. The van der Waals surface area contributed by atoms with E-state index in [0.29, 0.717) is 6.04 Å². The summed E-state index contributed by atoms with van der Waals surface area (Å²) in [6.45, 7) is 10.0. The molecule has 15 heavy (non-hydrogen) atoms. The molecule has 1 aliphatic rings. The quantitative estimate of drug-likeness (QED) is 0.708. The fourth-order valence-corrected chi connectivity index (χ4v) is 2.29. The van der Waals surface area contributed by atoms with Crippen molar-refractivity contribution in [3.05, 3.63) is 0 Å². The smallest absolute Gasteiger partial charge is 0.0685 e. The van der Waals surface area contributed by atoms with Gasteiger partial charge in [-0.1, -0.05) is 5.92 Å². The van der Waals surface area contributed by atoms with Crippen molar-refractivity contribution in [2.45, 2.75) is 45.7 Å². The minimum atomic E-state index is 0.256. The summed E-state index contributed by atoms with van der Waals surface area (Å²) in [4.78, 5) is 2.43. The molecular formula is C13H24N2. The van der Waals surface area contributed by atoms with Gasteiger partial charge in [-0.3, -0.25) is 4.90 Å². The van der Waals surface area contributed by atoms with Crippen LogP contribution in [0.15, 0.2) is 0 Å². The summed E-state index contributed by atoms with van der Waals surface area (Å²) in [5.41, 5.74) is 0. The molecule has 2 nitrogen and oxygen atoms in total. The standard InChI is InChI=1S/C13H24N2/c1-5-12(4)15(11(2)3)10-13-7-6-8-14-9-13/h1,11-14H,6-10H2,2-4H3. The second-order valence-electron chi connectivity index (χ2n) is 4.85. The van der Waals surface area contributed by atoms with Crippen LogP contribution in [0.4, 0.5) is 0 Å². The molecule has 0 spiro atoms. The molecule has 2 unspecified atom stereocenters. The maximum Gasteiger partial charge on any atom is 0.0685 e. The summed E-state index contributed by atoms with van der Waals surface area (Å²) in [6, 6.07) is 0.796. The Morgan fingerprint density at radius 2 is 2.20 bits per heavy atom. The molecule has 0 aromatic carbocycles. The maximum atomic E-state index is 5.51. The Morgan fingerprint density at radius 1 is 1.47 bits per heavy atom. The van der Waals surface area contributed by atoms with Gasteiger partial charge in [-0.05, 0) is 52.6 Å². The highest BCUT2D eigenvalue weighted by Gasteiger charge is 2.21. The largest absolute Gasteiger partial charge is 0.316 e. The third-order valence-corrected chi connectivity index (χ3v) is 3.27. The van der Waals surface area contributed by atoms with E-state index in [0.717, 1.165) is 19.0 Å². The number of terminal acetylenes is 1. The Kier molecular flexibility index (Phi) is 5.14. The summed E-state index contributed by atoms with van der Waals surface area (Å²) in [5.74, 6) is 3.62. The first kappa shape index (κ1) is 12.5. The summed E-state index contributed by atoms with van der Waals surface area (Å²) < 4.78 is 0. The summed E-state index contributed by atoms with van der Waals surface area (Å²) in [5, 5.41) is 3.46. The van der Waals surface area contributed by atoms with Gasteiger partial charge in [0.1, 0.15) is 0 Å². The van der Waals surface area contributed by atoms with Crippen molar-refractivity contribution in [3.63, 3.8) is 0 Å². The van der Waals surface area contributed by atoms with Crippen LogP contribution in [0.1, 0.15) is 33.6 Å². The van der Waals surface area contributed by atoms with Crippen LogP contribution >= 0.6 is 0 Å². The van der Waals surface area contributed by atoms with E-state index in [-0.39, 0.29) is 6.04 Å². The van der Waals surface area contributed by atoms with Gasteiger partial charge in [0.25, 0.3) is 0 Å². The molecule has 1 fully saturated rings. The van der Waals surface area contributed by atoms with Crippen LogP contribution in [0.2, 0.25) is 0 Å². The highest BCUT2D eigenvalue weighted by atomic mass is 15.2. The van der Waals surface area contributed by atoms with E-state index in [1.807, 2.05) is 0 Å². The molecule has 0 amide bonds. The molecule has 2 heteroatoms. The van der Waals surface area contributed by atoms with E-state index in [2.05, 4.69) is 36.9 Å². The normalized spacial score (nSPS) is 24.1. The van der Waals surface area contributed by atoms with E-state index in [9.17, 15) is 0 Å². The van der Waals surface area contributed by atoms with Gasteiger partial charge in [0.2, 0.25) is 0 Å². The van der Waals surface area contributed by atoms with E-state index in [4.69, 9.17) is 6.42 Å². The second kappa shape index (κ2) is 6.15. The lowest BCUT2D eigenvalue weighted by molar-refractivity contribution is 0.152. The van der Waals surface area contributed by atoms with Gasteiger partial charge in [-0.25, -0.2) is 0 Å². The number of hydrogen-bond acceptors (Lipinski definition) is 2. The predicted molar refractivity (Wildman–Crippen MR) is 65.7 cm³/mol.